The average Bonchev–Trinajstić information content (AvgIpc) is 2.94. The molecule has 154 valence electrons. The lowest BCUT2D eigenvalue weighted by Gasteiger charge is -2.26. The van der Waals surface area contributed by atoms with Crippen molar-refractivity contribution in [1.29, 1.82) is 0 Å². The third-order valence-electron chi connectivity index (χ3n) is 4.16. The van der Waals surface area contributed by atoms with Crippen molar-refractivity contribution in [2.45, 2.75) is 13.0 Å². The molecule has 0 radical (unpaired) electrons. The number of nitrogens with zero attached hydrogens (tertiary/aromatic N) is 1. The summed E-state index contributed by atoms with van der Waals surface area (Å²) in [6, 6.07) is 6.32. The Morgan fingerprint density at radius 3 is 2.46 bits per heavy atom. The molecule has 0 bridgehead atoms. The second kappa shape index (κ2) is 10.8. The highest BCUT2D eigenvalue weighted by Crippen LogP contribution is 2.36. The Kier molecular flexibility index (Phi) is 9.49. The summed E-state index contributed by atoms with van der Waals surface area (Å²) in [5, 5.41) is 6.52. The van der Waals surface area contributed by atoms with E-state index in [0.717, 1.165) is 23.5 Å². The highest BCUT2D eigenvalue weighted by molar-refractivity contribution is 7.17. The van der Waals surface area contributed by atoms with Gasteiger partial charge in [-0.05, 0) is 36.2 Å². The predicted molar refractivity (Wildman–Crippen MR) is 119 cm³/mol. The van der Waals surface area contributed by atoms with Gasteiger partial charge in [-0.15, -0.1) is 36.2 Å². The number of nitrogens with one attached hydrogen (secondary N) is 2. The number of amides is 3. The summed E-state index contributed by atoms with van der Waals surface area (Å²) >= 11 is 7.22. The molecule has 1 aliphatic rings. The van der Waals surface area contributed by atoms with Gasteiger partial charge in [0.15, 0.2) is 0 Å². The van der Waals surface area contributed by atoms with E-state index in [4.69, 9.17) is 23.1 Å². The quantitative estimate of drug-likeness (QED) is 0.541. The number of halogens is 3. The number of primary amides is 1. The fourth-order valence-corrected chi connectivity index (χ4v) is 4.39. The van der Waals surface area contributed by atoms with Gasteiger partial charge in [-0.2, -0.15) is 0 Å². The van der Waals surface area contributed by atoms with E-state index in [1.807, 2.05) is 0 Å². The van der Waals surface area contributed by atoms with Crippen molar-refractivity contribution in [3.8, 4) is 0 Å². The number of nitrogens with two attached hydrogens (primary N) is 2. The number of hydrogen-bond donors (Lipinski definition) is 4. The number of benzene rings is 1. The molecule has 1 aromatic carbocycles. The maximum absolute atomic E-state index is 12.3. The number of anilines is 2. The number of rotatable bonds is 5. The second-order valence-electron chi connectivity index (χ2n) is 5.97. The third-order valence-corrected chi connectivity index (χ3v) is 5.54. The molecule has 2 aromatic rings. The van der Waals surface area contributed by atoms with Crippen LogP contribution in [0.15, 0.2) is 24.3 Å². The fraction of sp³-hybridized carbons (Fsp3) is 0.294. The highest BCUT2D eigenvalue weighted by Gasteiger charge is 2.27. The first kappa shape index (κ1) is 24.5. The standard InChI is InChI=1S/C17H20ClN5O2S.2ClH/c18-10-1-3-11(4-2-10)21-17(25)22-16-14(15(20)24)12-5-7-23(8-6-19)9-13(12)26-16;;/h1-4H,5-9,19H2,(H2,20,24)(H2,21,22,25);2*1H. The molecular formula is C17H22Cl3N5O2S. The van der Waals surface area contributed by atoms with Crippen molar-refractivity contribution in [3.05, 3.63) is 45.3 Å². The van der Waals surface area contributed by atoms with E-state index in [0.29, 0.717) is 40.8 Å². The first-order valence-electron chi connectivity index (χ1n) is 8.18. The predicted octanol–water partition coefficient (Wildman–Crippen LogP) is 3.30. The van der Waals surface area contributed by atoms with Gasteiger partial charge in [-0.3, -0.25) is 15.0 Å². The van der Waals surface area contributed by atoms with E-state index in [-0.39, 0.29) is 24.8 Å². The summed E-state index contributed by atoms with van der Waals surface area (Å²) in [4.78, 5) is 27.5. The van der Waals surface area contributed by atoms with Gasteiger partial charge >= 0.3 is 6.03 Å². The molecular weight excluding hydrogens is 445 g/mol. The Labute approximate surface area is 184 Å². The highest BCUT2D eigenvalue weighted by atomic mass is 35.5. The van der Waals surface area contributed by atoms with Gasteiger partial charge in [-0.1, -0.05) is 11.6 Å². The maximum Gasteiger partial charge on any atom is 0.324 e. The molecule has 6 N–H and O–H groups in total. The molecule has 0 atom stereocenters. The number of hydrogen-bond acceptors (Lipinski definition) is 5. The van der Waals surface area contributed by atoms with Crippen LogP contribution in [0.5, 0.6) is 0 Å². The van der Waals surface area contributed by atoms with Crippen LogP contribution in [0, 0.1) is 0 Å². The molecule has 3 rings (SSSR count). The fourth-order valence-electron chi connectivity index (χ4n) is 2.98. The Balaban J connectivity index is 0.00000196. The molecule has 1 aromatic heterocycles. The van der Waals surface area contributed by atoms with Crippen LogP contribution in [0.25, 0.3) is 0 Å². The summed E-state index contributed by atoms with van der Waals surface area (Å²) < 4.78 is 0. The normalized spacial score (nSPS) is 12.9. The first-order valence-corrected chi connectivity index (χ1v) is 9.37. The molecule has 28 heavy (non-hydrogen) atoms. The summed E-state index contributed by atoms with van der Waals surface area (Å²) in [5.41, 5.74) is 13.1. The number of thiophene rings is 1. The molecule has 11 heteroatoms. The van der Waals surface area contributed by atoms with Crippen LogP contribution in [0.1, 0.15) is 20.8 Å². The van der Waals surface area contributed by atoms with Gasteiger partial charge in [0, 0.05) is 41.8 Å². The van der Waals surface area contributed by atoms with Gasteiger partial charge < -0.3 is 16.8 Å². The summed E-state index contributed by atoms with van der Waals surface area (Å²) in [5.74, 6) is -0.531. The molecule has 0 fully saturated rings. The Morgan fingerprint density at radius 2 is 1.86 bits per heavy atom. The Bertz CT molecular complexity index is 829. The minimum Gasteiger partial charge on any atom is -0.365 e. The molecule has 0 spiro atoms. The maximum atomic E-state index is 12.3. The van der Waals surface area contributed by atoms with Crippen LogP contribution in [-0.2, 0) is 13.0 Å². The zero-order chi connectivity index (χ0) is 18.7. The molecule has 0 saturated carbocycles. The van der Waals surface area contributed by atoms with Crippen molar-refractivity contribution in [3.63, 3.8) is 0 Å². The number of urea groups is 1. The lowest BCUT2D eigenvalue weighted by atomic mass is 10.0. The van der Waals surface area contributed by atoms with E-state index in [1.54, 1.807) is 24.3 Å². The van der Waals surface area contributed by atoms with Crippen LogP contribution in [0.2, 0.25) is 5.02 Å². The van der Waals surface area contributed by atoms with Gasteiger partial charge in [-0.25, -0.2) is 4.79 Å². The molecule has 1 aliphatic heterocycles. The number of fused-ring (bicyclic) bond motifs is 1. The van der Waals surface area contributed by atoms with Crippen molar-refractivity contribution in [2.75, 3.05) is 30.3 Å². The summed E-state index contributed by atoms with van der Waals surface area (Å²) in [6.45, 7) is 2.90. The Morgan fingerprint density at radius 1 is 1.18 bits per heavy atom. The topological polar surface area (TPSA) is 113 Å². The van der Waals surface area contributed by atoms with E-state index in [9.17, 15) is 9.59 Å². The lowest BCUT2D eigenvalue weighted by molar-refractivity contribution is 0.1000. The monoisotopic (exact) mass is 465 g/mol. The van der Waals surface area contributed by atoms with Crippen LogP contribution in [0.4, 0.5) is 15.5 Å². The minimum atomic E-state index is -0.531. The molecule has 7 nitrogen and oxygen atoms in total. The van der Waals surface area contributed by atoms with E-state index < -0.39 is 11.9 Å². The van der Waals surface area contributed by atoms with Crippen molar-refractivity contribution in [2.24, 2.45) is 11.5 Å². The molecule has 0 unspecified atom stereocenters. The average molecular weight is 467 g/mol. The largest absolute Gasteiger partial charge is 0.365 e. The van der Waals surface area contributed by atoms with Crippen molar-refractivity contribution >= 4 is 70.4 Å². The summed E-state index contributed by atoms with van der Waals surface area (Å²) in [6.07, 6.45) is 0.713. The molecule has 2 heterocycles. The van der Waals surface area contributed by atoms with E-state index in [2.05, 4.69) is 15.5 Å². The molecule has 0 aliphatic carbocycles. The lowest BCUT2D eigenvalue weighted by Crippen LogP contribution is -2.34. The van der Waals surface area contributed by atoms with Crippen LogP contribution < -0.4 is 22.1 Å². The number of carbonyl (C=O) groups excluding carboxylic acids is 2. The minimum absolute atomic E-state index is 0. The van der Waals surface area contributed by atoms with Gasteiger partial charge in [0.1, 0.15) is 5.00 Å². The first-order chi connectivity index (χ1) is 12.5. The Hall–Kier alpha value is -1.55. The smallest absolute Gasteiger partial charge is 0.324 e. The van der Waals surface area contributed by atoms with Crippen LogP contribution in [0.3, 0.4) is 0 Å². The summed E-state index contributed by atoms with van der Waals surface area (Å²) in [7, 11) is 0. The van der Waals surface area contributed by atoms with Crippen LogP contribution >= 0.6 is 47.8 Å². The third kappa shape index (κ3) is 5.73. The zero-order valence-corrected chi connectivity index (χ0v) is 18.1. The SMILES string of the molecule is Cl.Cl.NCCN1CCc2c(sc(NC(=O)Nc3ccc(Cl)cc3)c2C(N)=O)C1. The van der Waals surface area contributed by atoms with Crippen molar-refractivity contribution < 1.29 is 9.59 Å². The van der Waals surface area contributed by atoms with E-state index in [1.165, 1.54) is 11.3 Å². The zero-order valence-electron chi connectivity index (χ0n) is 14.9. The molecule has 3 amide bonds. The van der Waals surface area contributed by atoms with Gasteiger partial charge in [0.25, 0.3) is 5.91 Å². The van der Waals surface area contributed by atoms with E-state index >= 15 is 0 Å². The second-order valence-corrected chi connectivity index (χ2v) is 7.51. The number of carbonyl (C=O) groups is 2. The van der Waals surface area contributed by atoms with Gasteiger partial charge in [0.2, 0.25) is 0 Å². The van der Waals surface area contributed by atoms with Gasteiger partial charge in [0.05, 0.1) is 5.56 Å². The molecule has 0 saturated heterocycles. The van der Waals surface area contributed by atoms with Crippen molar-refractivity contribution in [1.82, 2.24) is 4.90 Å². The van der Waals surface area contributed by atoms with Crippen LogP contribution in [-0.4, -0.2) is 36.5 Å².